The summed E-state index contributed by atoms with van der Waals surface area (Å²) in [5.41, 5.74) is 1.00. The average molecular weight is 363 g/mol. The van der Waals surface area contributed by atoms with Crippen molar-refractivity contribution in [2.45, 2.75) is 38.6 Å². The van der Waals surface area contributed by atoms with E-state index in [4.69, 9.17) is 9.47 Å². The molecule has 1 saturated heterocycles. The number of hydrogen-bond donors (Lipinski definition) is 2. The summed E-state index contributed by atoms with van der Waals surface area (Å²) in [6.07, 6.45) is 3.80. The van der Waals surface area contributed by atoms with Crippen molar-refractivity contribution in [3.05, 3.63) is 23.8 Å². The van der Waals surface area contributed by atoms with Gasteiger partial charge in [-0.25, -0.2) is 4.79 Å². The number of carbonyl (C=O) groups excluding carboxylic acids is 2. The van der Waals surface area contributed by atoms with Crippen LogP contribution in [0.4, 0.5) is 4.79 Å². The van der Waals surface area contributed by atoms with E-state index in [0.29, 0.717) is 6.54 Å². The van der Waals surface area contributed by atoms with Gasteiger partial charge in [-0.15, -0.1) is 0 Å². The highest BCUT2D eigenvalue weighted by atomic mass is 16.5. The second kappa shape index (κ2) is 10.0. The lowest BCUT2D eigenvalue weighted by Crippen LogP contribution is -2.44. The first-order valence-electron chi connectivity index (χ1n) is 9.12. The van der Waals surface area contributed by atoms with Crippen molar-refractivity contribution < 1.29 is 19.1 Å². The number of benzene rings is 1. The molecule has 1 heterocycles. The van der Waals surface area contributed by atoms with Gasteiger partial charge in [0.1, 0.15) is 11.5 Å². The van der Waals surface area contributed by atoms with E-state index in [9.17, 15) is 9.59 Å². The summed E-state index contributed by atoms with van der Waals surface area (Å²) >= 11 is 0. The predicted molar refractivity (Wildman–Crippen MR) is 99.5 cm³/mol. The minimum atomic E-state index is -0.432. The van der Waals surface area contributed by atoms with E-state index in [1.165, 1.54) is 0 Å². The number of carbonyl (C=O) groups is 2. The van der Waals surface area contributed by atoms with Gasteiger partial charge in [0.25, 0.3) is 0 Å². The molecule has 7 heteroatoms. The quantitative estimate of drug-likeness (QED) is 0.694. The van der Waals surface area contributed by atoms with Gasteiger partial charge in [-0.05, 0) is 44.0 Å². The van der Waals surface area contributed by atoms with Gasteiger partial charge in [-0.1, -0.05) is 13.3 Å². The topological polar surface area (TPSA) is 79.9 Å². The number of rotatable bonds is 8. The van der Waals surface area contributed by atoms with E-state index in [1.807, 2.05) is 25.1 Å². The van der Waals surface area contributed by atoms with E-state index < -0.39 is 6.03 Å². The van der Waals surface area contributed by atoms with E-state index in [-0.39, 0.29) is 18.5 Å². The molecule has 3 amide bonds. The summed E-state index contributed by atoms with van der Waals surface area (Å²) in [7, 11) is 3.26. The molecular weight excluding hydrogens is 334 g/mol. The lowest BCUT2D eigenvalue weighted by atomic mass is 10.0. The molecule has 144 valence electrons. The number of amides is 3. The molecule has 7 nitrogen and oxygen atoms in total. The minimum absolute atomic E-state index is 0.0638. The molecule has 0 aromatic heterocycles. The molecule has 2 N–H and O–H groups in total. The largest absolute Gasteiger partial charge is 0.497 e. The van der Waals surface area contributed by atoms with Crippen LogP contribution in [-0.4, -0.2) is 50.7 Å². The van der Waals surface area contributed by atoms with Gasteiger partial charge in [0.2, 0.25) is 5.91 Å². The first-order valence-corrected chi connectivity index (χ1v) is 9.12. The maximum atomic E-state index is 12.2. The third-order valence-corrected chi connectivity index (χ3v) is 4.58. The van der Waals surface area contributed by atoms with Crippen molar-refractivity contribution in [1.29, 1.82) is 0 Å². The summed E-state index contributed by atoms with van der Waals surface area (Å²) in [5.74, 6) is 1.24. The van der Waals surface area contributed by atoms with Gasteiger partial charge >= 0.3 is 6.03 Å². The van der Waals surface area contributed by atoms with Crippen molar-refractivity contribution >= 4 is 11.9 Å². The standard InChI is InChI=1S/C19H29N3O4/c1-4-5-10-20-19(24)21-18(23)13-22-11-6-7-16(22)15-12-14(25-2)8-9-17(15)26-3/h8-9,12,16H,4-7,10-11,13H2,1-3H3,(H2,20,21,23,24)/t16-/m1/s1. The Hall–Kier alpha value is -2.28. The molecule has 0 aliphatic carbocycles. The van der Waals surface area contributed by atoms with Gasteiger partial charge in [-0.2, -0.15) is 0 Å². The zero-order valence-electron chi connectivity index (χ0n) is 15.8. The van der Waals surface area contributed by atoms with Crippen molar-refractivity contribution in [2.24, 2.45) is 0 Å². The highest BCUT2D eigenvalue weighted by molar-refractivity contribution is 5.95. The molecule has 1 aliphatic heterocycles. The predicted octanol–water partition coefficient (Wildman–Crippen LogP) is 2.47. The number of hydrogen-bond acceptors (Lipinski definition) is 5. The fourth-order valence-electron chi connectivity index (χ4n) is 3.24. The Morgan fingerprint density at radius 1 is 1.27 bits per heavy atom. The molecule has 0 saturated carbocycles. The number of methoxy groups -OCH3 is 2. The first-order chi connectivity index (χ1) is 12.6. The van der Waals surface area contributed by atoms with Gasteiger partial charge in [0.05, 0.1) is 20.8 Å². The van der Waals surface area contributed by atoms with E-state index in [2.05, 4.69) is 15.5 Å². The van der Waals surface area contributed by atoms with E-state index >= 15 is 0 Å². The lowest BCUT2D eigenvalue weighted by molar-refractivity contribution is -0.121. The van der Waals surface area contributed by atoms with Crippen molar-refractivity contribution in [2.75, 3.05) is 33.9 Å². The normalized spacial score (nSPS) is 17.0. The average Bonchev–Trinajstić information content (AvgIpc) is 3.09. The molecular formula is C19H29N3O4. The van der Waals surface area contributed by atoms with Gasteiger partial charge < -0.3 is 14.8 Å². The van der Waals surface area contributed by atoms with Crippen LogP contribution in [0.2, 0.25) is 0 Å². The van der Waals surface area contributed by atoms with E-state index in [1.54, 1.807) is 14.2 Å². The highest BCUT2D eigenvalue weighted by Crippen LogP contribution is 2.38. The monoisotopic (exact) mass is 363 g/mol. The van der Waals surface area contributed by atoms with Gasteiger partial charge in [0, 0.05) is 18.2 Å². The molecule has 0 spiro atoms. The van der Waals surface area contributed by atoms with Gasteiger partial charge in [-0.3, -0.25) is 15.0 Å². The van der Waals surface area contributed by atoms with Crippen LogP contribution < -0.4 is 20.1 Å². The van der Waals surface area contributed by atoms with Crippen LogP contribution in [0.5, 0.6) is 11.5 Å². The molecule has 0 radical (unpaired) electrons. The first kappa shape index (κ1) is 20.0. The summed E-state index contributed by atoms with van der Waals surface area (Å²) in [4.78, 5) is 26.0. The third kappa shape index (κ3) is 5.36. The van der Waals surface area contributed by atoms with Crippen LogP contribution in [0, 0.1) is 0 Å². The molecule has 1 aromatic rings. The number of nitrogens with zero attached hydrogens (tertiary/aromatic N) is 1. The highest BCUT2D eigenvalue weighted by Gasteiger charge is 2.30. The maximum Gasteiger partial charge on any atom is 0.321 e. The SMILES string of the molecule is CCCCNC(=O)NC(=O)CN1CCC[C@@H]1c1cc(OC)ccc1OC. The molecule has 1 atom stereocenters. The Balaban J connectivity index is 1.99. The third-order valence-electron chi connectivity index (χ3n) is 4.58. The summed E-state index contributed by atoms with van der Waals surface area (Å²) < 4.78 is 10.8. The molecule has 1 fully saturated rings. The van der Waals surface area contributed by atoms with Crippen molar-refractivity contribution in [3.63, 3.8) is 0 Å². The number of likely N-dealkylation sites (tertiary alicyclic amines) is 1. The summed E-state index contributed by atoms with van der Waals surface area (Å²) in [5, 5.41) is 5.09. The van der Waals surface area contributed by atoms with Crippen LogP contribution in [0.3, 0.4) is 0 Å². The number of ether oxygens (including phenoxy) is 2. The zero-order valence-corrected chi connectivity index (χ0v) is 15.8. The molecule has 0 unspecified atom stereocenters. The van der Waals surface area contributed by atoms with Crippen LogP contribution in [0.15, 0.2) is 18.2 Å². The van der Waals surface area contributed by atoms with Gasteiger partial charge in [0.15, 0.2) is 0 Å². The van der Waals surface area contributed by atoms with Crippen LogP contribution >= 0.6 is 0 Å². The Kier molecular flexibility index (Phi) is 7.72. The smallest absolute Gasteiger partial charge is 0.321 e. The molecule has 26 heavy (non-hydrogen) atoms. The summed E-state index contributed by atoms with van der Waals surface area (Å²) in [6.45, 7) is 3.59. The second-order valence-electron chi connectivity index (χ2n) is 6.39. The lowest BCUT2D eigenvalue weighted by Gasteiger charge is -2.25. The Labute approximate surface area is 155 Å². The Morgan fingerprint density at radius 2 is 2.08 bits per heavy atom. The molecule has 0 bridgehead atoms. The summed E-state index contributed by atoms with van der Waals surface area (Å²) in [6, 6.07) is 5.32. The van der Waals surface area contributed by atoms with Crippen molar-refractivity contribution in [3.8, 4) is 11.5 Å². The zero-order chi connectivity index (χ0) is 18.9. The van der Waals surface area contributed by atoms with Crippen LogP contribution in [0.25, 0.3) is 0 Å². The minimum Gasteiger partial charge on any atom is -0.497 e. The Bertz CT molecular complexity index is 621. The molecule has 1 aromatic carbocycles. The molecule has 2 rings (SSSR count). The van der Waals surface area contributed by atoms with E-state index in [0.717, 1.165) is 49.3 Å². The Morgan fingerprint density at radius 3 is 2.77 bits per heavy atom. The van der Waals surface area contributed by atoms with Crippen LogP contribution in [-0.2, 0) is 4.79 Å². The fraction of sp³-hybridized carbons (Fsp3) is 0.579. The fourth-order valence-corrected chi connectivity index (χ4v) is 3.24. The maximum absolute atomic E-state index is 12.2. The molecule has 1 aliphatic rings. The number of unbranched alkanes of at least 4 members (excludes halogenated alkanes) is 1. The number of imide groups is 1. The number of urea groups is 1. The number of nitrogens with one attached hydrogen (secondary N) is 2. The van der Waals surface area contributed by atoms with Crippen LogP contribution in [0.1, 0.15) is 44.2 Å². The van der Waals surface area contributed by atoms with Crippen molar-refractivity contribution in [1.82, 2.24) is 15.5 Å². The second-order valence-corrected chi connectivity index (χ2v) is 6.39.